The summed E-state index contributed by atoms with van der Waals surface area (Å²) in [5.74, 6) is -1.47. The first-order valence-corrected chi connectivity index (χ1v) is 8.23. The number of benzene rings is 2. The molecular formula is C18H16N6O4. The zero-order valence-corrected chi connectivity index (χ0v) is 14.8. The summed E-state index contributed by atoms with van der Waals surface area (Å²) in [4.78, 5) is 38.2. The molecule has 2 N–H and O–H groups in total. The Bertz CT molecular complexity index is 1050. The van der Waals surface area contributed by atoms with Crippen LogP contribution in [0.2, 0.25) is 0 Å². The average Bonchev–Trinajstić information content (AvgIpc) is 3.11. The fraction of sp³-hybridized carbons (Fsp3) is 0.111. The van der Waals surface area contributed by atoms with Crippen molar-refractivity contribution in [2.45, 2.75) is 13.5 Å². The molecule has 28 heavy (non-hydrogen) atoms. The van der Waals surface area contributed by atoms with Gasteiger partial charge in [-0.25, -0.2) is 0 Å². The Morgan fingerprint density at radius 2 is 1.93 bits per heavy atom. The molecule has 2 aromatic carbocycles. The van der Waals surface area contributed by atoms with Crippen LogP contribution in [-0.4, -0.2) is 31.5 Å². The summed E-state index contributed by atoms with van der Waals surface area (Å²) >= 11 is 0. The standard InChI is InChI=1S/C18H16N6O4/c1-12-5-4-6-13(9-12)20-17(26)14-7-2-3-8-15(14)21-16(25)10-23-11-19-18(22-23)24(27)28/h2-9,11H,10H2,1H3,(H,20,26)(H,21,25). The molecule has 142 valence electrons. The Balaban J connectivity index is 1.71. The number of carbonyl (C=O) groups is 2. The summed E-state index contributed by atoms with van der Waals surface area (Å²) in [6, 6.07) is 13.9. The molecule has 10 heteroatoms. The first-order valence-electron chi connectivity index (χ1n) is 8.23. The number of amides is 2. The number of nitrogens with one attached hydrogen (secondary N) is 2. The molecule has 0 spiro atoms. The van der Waals surface area contributed by atoms with Crippen LogP contribution >= 0.6 is 0 Å². The molecule has 3 rings (SSSR count). The van der Waals surface area contributed by atoms with Gasteiger partial charge in [-0.05, 0) is 41.7 Å². The Kier molecular flexibility index (Phi) is 5.40. The van der Waals surface area contributed by atoms with Crippen molar-refractivity contribution in [2.75, 3.05) is 10.6 Å². The molecule has 0 fully saturated rings. The zero-order chi connectivity index (χ0) is 20.1. The zero-order valence-electron chi connectivity index (χ0n) is 14.8. The van der Waals surface area contributed by atoms with E-state index >= 15 is 0 Å². The van der Waals surface area contributed by atoms with Gasteiger partial charge in [-0.3, -0.25) is 9.59 Å². The monoisotopic (exact) mass is 380 g/mol. The Morgan fingerprint density at radius 1 is 1.14 bits per heavy atom. The summed E-state index contributed by atoms with van der Waals surface area (Å²) in [7, 11) is 0. The van der Waals surface area contributed by atoms with Crippen LogP contribution in [0.15, 0.2) is 54.9 Å². The number of nitro groups is 1. The van der Waals surface area contributed by atoms with E-state index in [9.17, 15) is 19.7 Å². The average molecular weight is 380 g/mol. The van der Waals surface area contributed by atoms with Gasteiger partial charge in [-0.1, -0.05) is 29.2 Å². The Morgan fingerprint density at radius 3 is 2.64 bits per heavy atom. The molecule has 0 bridgehead atoms. The fourth-order valence-corrected chi connectivity index (χ4v) is 2.49. The smallest absolute Gasteiger partial charge is 0.390 e. The van der Waals surface area contributed by atoms with Crippen molar-refractivity contribution in [3.05, 3.63) is 76.1 Å². The number of rotatable bonds is 6. The van der Waals surface area contributed by atoms with Gasteiger partial charge in [0.2, 0.25) is 12.2 Å². The van der Waals surface area contributed by atoms with Crippen LogP contribution in [0.1, 0.15) is 15.9 Å². The van der Waals surface area contributed by atoms with E-state index in [1.165, 1.54) is 0 Å². The number of hydrogen-bond acceptors (Lipinski definition) is 6. The highest BCUT2D eigenvalue weighted by atomic mass is 16.6. The maximum absolute atomic E-state index is 12.6. The Labute approximate surface area is 159 Å². The topological polar surface area (TPSA) is 132 Å². The lowest BCUT2D eigenvalue weighted by molar-refractivity contribution is -0.394. The fourth-order valence-electron chi connectivity index (χ4n) is 2.49. The predicted molar refractivity (Wildman–Crippen MR) is 101 cm³/mol. The lowest BCUT2D eigenvalue weighted by Crippen LogP contribution is -2.22. The minimum Gasteiger partial charge on any atom is -0.390 e. The van der Waals surface area contributed by atoms with Crippen LogP contribution in [0, 0.1) is 17.0 Å². The number of aromatic nitrogens is 3. The molecule has 0 saturated carbocycles. The van der Waals surface area contributed by atoms with Crippen molar-refractivity contribution >= 4 is 29.1 Å². The van der Waals surface area contributed by atoms with Gasteiger partial charge in [0, 0.05) is 10.8 Å². The van der Waals surface area contributed by atoms with Crippen molar-refractivity contribution in [3.8, 4) is 0 Å². The highest BCUT2D eigenvalue weighted by Gasteiger charge is 2.17. The summed E-state index contributed by atoms with van der Waals surface area (Å²) in [5.41, 5.74) is 2.23. The van der Waals surface area contributed by atoms with Crippen molar-refractivity contribution in [1.82, 2.24) is 14.8 Å². The van der Waals surface area contributed by atoms with Crippen LogP contribution in [0.4, 0.5) is 17.3 Å². The second-order valence-corrected chi connectivity index (χ2v) is 5.92. The summed E-state index contributed by atoms with van der Waals surface area (Å²) < 4.78 is 1.04. The SMILES string of the molecule is Cc1cccc(NC(=O)c2ccccc2NC(=O)Cn2cnc([N+](=O)[O-])n2)c1. The molecule has 0 atom stereocenters. The van der Waals surface area contributed by atoms with Crippen LogP contribution in [0.5, 0.6) is 0 Å². The molecule has 0 saturated heterocycles. The first kappa shape index (κ1) is 18.7. The molecule has 10 nitrogen and oxygen atoms in total. The Hall–Kier alpha value is -4.08. The third-order valence-electron chi connectivity index (χ3n) is 3.72. The third-order valence-corrected chi connectivity index (χ3v) is 3.72. The van der Waals surface area contributed by atoms with E-state index in [0.29, 0.717) is 11.4 Å². The van der Waals surface area contributed by atoms with Crippen LogP contribution in [0.25, 0.3) is 0 Å². The highest BCUT2D eigenvalue weighted by molar-refractivity contribution is 6.10. The molecule has 3 aromatic rings. The largest absolute Gasteiger partial charge is 0.490 e. The second kappa shape index (κ2) is 8.08. The van der Waals surface area contributed by atoms with Gasteiger partial charge in [0.25, 0.3) is 5.91 Å². The van der Waals surface area contributed by atoms with Gasteiger partial charge >= 0.3 is 5.95 Å². The van der Waals surface area contributed by atoms with E-state index in [1.807, 2.05) is 25.1 Å². The van der Waals surface area contributed by atoms with Crippen LogP contribution in [-0.2, 0) is 11.3 Å². The van der Waals surface area contributed by atoms with Crippen molar-refractivity contribution < 1.29 is 14.5 Å². The van der Waals surface area contributed by atoms with Crippen molar-refractivity contribution in [2.24, 2.45) is 0 Å². The number of para-hydroxylation sites is 1. The second-order valence-electron chi connectivity index (χ2n) is 5.92. The normalized spacial score (nSPS) is 10.3. The van der Waals surface area contributed by atoms with Gasteiger partial charge in [0.15, 0.2) is 0 Å². The van der Waals surface area contributed by atoms with E-state index < -0.39 is 16.8 Å². The van der Waals surface area contributed by atoms with Crippen LogP contribution in [0.3, 0.4) is 0 Å². The molecule has 0 aliphatic rings. The van der Waals surface area contributed by atoms with Gasteiger partial charge in [-0.15, -0.1) is 0 Å². The minimum atomic E-state index is -0.751. The maximum atomic E-state index is 12.6. The minimum absolute atomic E-state index is 0.280. The van der Waals surface area contributed by atoms with Crippen molar-refractivity contribution in [3.63, 3.8) is 0 Å². The number of hydrogen-bond donors (Lipinski definition) is 2. The van der Waals surface area contributed by atoms with E-state index in [0.717, 1.165) is 16.6 Å². The molecule has 0 radical (unpaired) electrons. The molecular weight excluding hydrogens is 364 g/mol. The molecule has 1 heterocycles. The summed E-state index contributed by atoms with van der Waals surface area (Å²) in [5, 5.41) is 19.6. The molecule has 2 amide bonds. The summed E-state index contributed by atoms with van der Waals surface area (Å²) in [6.07, 6.45) is 1.09. The molecule has 0 unspecified atom stereocenters. The lowest BCUT2D eigenvalue weighted by Gasteiger charge is -2.11. The summed E-state index contributed by atoms with van der Waals surface area (Å²) in [6.45, 7) is 1.63. The number of anilines is 2. The highest BCUT2D eigenvalue weighted by Crippen LogP contribution is 2.18. The molecule has 0 aliphatic carbocycles. The van der Waals surface area contributed by atoms with E-state index in [2.05, 4.69) is 20.7 Å². The molecule has 1 aromatic heterocycles. The quantitative estimate of drug-likeness (QED) is 0.498. The predicted octanol–water partition coefficient (Wildman–Crippen LogP) is 2.39. The van der Waals surface area contributed by atoms with Gasteiger partial charge in [0.1, 0.15) is 6.54 Å². The van der Waals surface area contributed by atoms with E-state index in [-0.39, 0.29) is 18.0 Å². The van der Waals surface area contributed by atoms with Crippen LogP contribution < -0.4 is 10.6 Å². The third kappa shape index (κ3) is 4.55. The molecule has 0 aliphatic heterocycles. The van der Waals surface area contributed by atoms with E-state index in [4.69, 9.17) is 0 Å². The number of aryl methyl sites for hydroxylation is 1. The van der Waals surface area contributed by atoms with Gasteiger partial charge in [0.05, 0.1) is 11.3 Å². The lowest BCUT2D eigenvalue weighted by atomic mass is 10.1. The maximum Gasteiger partial charge on any atom is 0.490 e. The van der Waals surface area contributed by atoms with Gasteiger partial charge in [-0.2, -0.15) is 4.68 Å². The first-order chi connectivity index (χ1) is 13.4. The number of carbonyl (C=O) groups excluding carboxylic acids is 2. The number of nitrogens with zero attached hydrogens (tertiary/aromatic N) is 4. The van der Waals surface area contributed by atoms with Crippen molar-refractivity contribution in [1.29, 1.82) is 0 Å². The van der Waals surface area contributed by atoms with Gasteiger partial charge < -0.3 is 20.7 Å². The van der Waals surface area contributed by atoms with E-state index in [1.54, 1.807) is 30.3 Å².